The predicted octanol–water partition coefficient (Wildman–Crippen LogP) is 11.5. The molecule has 0 spiro atoms. The summed E-state index contributed by atoms with van der Waals surface area (Å²) in [5, 5.41) is 11.7. The lowest BCUT2D eigenvalue weighted by molar-refractivity contribution is 1.18. The molecule has 0 saturated heterocycles. The van der Waals surface area contributed by atoms with Crippen molar-refractivity contribution >= 4 is 10.8 Å². The van der Waals surface area contributed by atoms with Gasteiger partial charge in [0.1, 0.15) is 0 Å². The van der Waals surface area contributed by atoms with Gasteiger partial charge in [0.25, 0.3) is 0 Å². The van der Waals surface area contributed by atoms with E-state index >= 15 is 0 Å². The molecule has 224 valence electrons. The fraction of sp³-hybridized carbons (Fsp3) is 0. The van der Waals surface area contributed by atoms with Crippen molar-refractivity contribution in [1.29, 1.82) is 5.26 Å². The minimum Gasteiger partial charge on any atom is -0.227 e. The third-order valence-corrected chi connectivity index (χ3v) is 8.75. The Kier molecular flexibility index (Phi) is 7.59. The standard InChI is InChI=1S/C45H29N3/c46-30-31-20-22-33(23-21-31)40-29-28-32-12-10-11-19-39(32)41(40)35-24-26-37(27-25-35)44-42(34-13-4-1-5-14-34)43(36-15-6-2-7-16-36)47-45(48-44)38-17-8-3-9-18-38/h1-29H. The molecule has 48 heavy (non-hydrogen) atoms. The minimum atomic E-state index is 0.647. The van der Waals surface area contributed by atoms with Crippen molar-refractivity contribution in [2.24, 2.45) is 0 Å². The normalized spacial score (nSPS) is 10.9. The second kappa shape index (κ2) is 12.6. The van der Waals surface area contributed by atoms with E-state index in [9.17, 15) is 5.26 Å². The van der Waals surface area contributed by atoms with Crippen molar-refractivity contribution in [2.75, 3.05) is 0 Å². The Balaban J connectivity index is 1.35. The Bertz CT molecular complexity index is 2410. The molecule has 0 aliphatic carbocycles. The smallest absolute Gasteiger partial charge is 0.160 e. The molecule has 1 heterocycles. The van der Waals surface area contributed by atoms with Gasteiger partial charge >= 0.3 is 0 Å². The van der Waals surface area contributed by atoms with Crippen molar-refractivity contribution in [3.05, 3.63) is 181 Å². The van der Waals surface area contributed by atoms with Gasteiger partial charge in [-0.3, -0.25) is 0 Å². The number of nitrogens with zero attached hydrogens (tertiary/aromatic N) is 3. The van der Waals surface area contributed by atoms with E-state index in [0.29, 0.717) is 11.4 Å². The van der Waals surface area contributed by atoms with Gasteiger partial charge in [-0.15, -0.1) is 0 Å². The first kappa shape index (κ1) is 28.8. The van der Waals surface area contributed by atoms with Crippen LogP contribution >= 0.6 is 0 Å². The summed E-state index contributed by atoms with van der Waals surface area (Å²) >= 11 is 0. The number of hydrogen-bond acceptors (Lipinski definition) is 3. The van der Waals surface area contributed by atoms with E-state index in [2.05, 4.69) is 127 Å². The Morgan fingerprint density at radius 1 is 0.375 bits per heavy atom. The molecule has 0 bridgehead atoms. The van der Waals surface area contributed by atoms with E-state index in [1.807, 2.05) is 54.6 Å². The highest BCUT2D eigenvalue weighted by atomic mass is 14.9. The zero-order chi connectivity index (χ0) is 32.3. The van der Waals surface area contributed by atoms with E-state index in [4.69, 9.17) is 9.97 Å². The van der Waals surface area contributed by atoms with E-state index in [1.165, 1.54) is 10.8 Å². The summed E-state index contributed by atoms with van der Waals surface area (Å²) in [4.78, 5) is 10.5. The second-order valence-corrected chi connectivity index (χ2v) is 11.7. The van der Waals surface area contributed by atoms with Crippen LogP contribution in [-0.2, 0) is 0 Å². The van der Waals surface area contributed by atoms with E-state index < -0.39 is 0 Å². The van der Waals surface area contributed by atoms with Gasteiger partial charge in [0.05, 0.1) is 23.0 Å². The molecule has 3 heteroatoms. The Hall–Kier alpha value is -6.63. The number of rotatable bonds is 6. The van der Waals surface area contributed by atoms with Crippen LogP contribution in [0, 0.1) is 11.3 Å². The van der Waals surface area contributed by atoms with Crippen molar-refractivity contribution in [3.8, 4) is 73.4 Å². The van der Waals surface area contributed by atoms with E-state index in [1.54, 1.807) is 0 Å². The predicted molar refractivity (Wildman–Crippen MR) is 197 cm³/mol. The summed E-state index contributed by atoms with van der Waals surface area (Å²) < 4.78 is 0. The Morgan fingerprint density at radius 3 is 1.48 bits per heavy atom. The maximum atomic E-state index is 9.39. The number of nitriles is 1. The monoisotopic (exact) mass is 611 g/mol. The summed E-state index contributed by atoms with van der Waals surface area (Å²) in [6.45, 7) is 0. The lowest BCUT2D eigenvalue weighted by atomic mass is 9.88. The van der Waals surface area contributed by atoms with Gasteiger partial charge in [-0.1, -0.05) is 164 Å². The number of benzene rings is 7. The van der Waals surface area contributed by atoms with Crippen LogP contribution in [-0.4, -0.2) is 9.97 Å². The van der Waals surface area contributed by atoms with Crippen LogP contribution in [0.1, 0.15) is 5.56 Å². The fourth-order valence-electron chi connectivity index (χ4n) is 6.41. The average molecular weight is 612 g/mol. The van der Waals surface area contributed by atoms with Crippen molar-refractivity contribution in [2.45, 2.75) is 0 Å². The molecule has 8 aromatic rings. The molecule has 8 rings (SSSR count). The average Bonchev–Trinajstić information content (AvgIpc) is 3.18. The molecule has 0 amide bonds. The zero-order valence-corrected chi connectivity index (χ0v) is 26.1. The summed E-state index contributed by atoms with van der Waals surface area (Å²) in [6.07, 6.45) is 0. The summed E-state index contributed by atoms with van der Waals surface area (Å²) in [5.74, 6) is 0.686. The number of aromatic nitrogens is 2. The van der Waals surface area contributed by atoms with E-state index in [-0.39, 0.29) is 0 Å². The van der Waals surface area contributed by atoms with E-state index in [0.717, 1.165) is 61.5 Å². The first-order valence-corrected chi connectivity index (χ1v) is 16.0. The molecule has 7 aromatic carbocycles. The largest absolute Gasteiger partial charge is 0.227 e. The quantitative estimate of drug-likeness (QED) is 0.188. The first-order valence-electron chi connectivity index (χ1n) is 16.0. The van der Waals surface area contributed by atoms with Crippen molar-refractivity contribution in [1.82, 2.24) is 9.97 Å². The van der Waals surface area contributed by atoms with Crippen LogP contribution in [0.25, 0.3) is 78.1 Å². The summed E-state index contributed by atoms with van der Waals surface area (Å²) in [6, 6.07) is 62.6. The van der Waals surface area contributed by atoms with Crippen LogP contribution in [0.4, 0.5) is 0 Å². The lowest BCUT2D eigenvalue weighted by Crippen LogP contribution is -2.00. The van der Waals surface area contributed by atoms with Crippen molar-refractivity contribution < 1.29 is 0 Å². The van der Waals surface area contributed by atoms with Gasteiger partial charge in [0.15, 0.2) is 5.82 Å². The SMILES string of the molecule is N#Cc1ccc(-c2ccc3ccccc3c2-c2ccc(-c3nc(-c4ccccc4)nc(-c4ccccc4)c3-c3ccccc3)cc2)cc1. The molecule has 1 aromatic heterocycles. The van der Waals surface area contributed by atoms with Crippen LogP contribution in [0.2, 0.25) is 0 Å². The third kappa shape index (κ3) is 5.42. The molecule has 0 aliphatic heterocycles. The molecule has 0 fully saturated rings. The highest BCUT2D eigenvalue weighted by Gasteiger charge is 2.20. The number of fused-ring (bicyclic) bond motifs is 1. The topological polar surface area (TPSA) is 49.6 Å². The van der Waals surface area contributed by atoms with Crippen LogP contribution in [0.15, 0.2) is 176 Å². The van der Waals surface area contributed by atoms with Crippen LogP contribution in [0.3, 0.4) is 0 Å². The molecule has 0 aliphatic rings. The minimum absolute atomic E-state index is 0.647. The van der Waals surface area contributed by atoms with Crippen LogP contribution in [0.5, 0.6) is 0 Å². The fourth-order valence-corrected chi connectivity index (χ4v) is 6.41. The Morgan fingerprint density at radius 2 is 0.854 bits per heavy atom. The third-order valence-electron chi connectivity index (χ3n) is 8.75. The van der Waals surface area contributed by atoms with Gasteiger partial charge in [0, 0.05) is 22.3 Å². The second-order valence-electron chi connectivity index (χ2n) is 11.7. The highest BCUT2D eigenvalue weighted by Crippen LogP contribution is 2.42. The van der Waals surface area contributed by atoms with Gasteiger partial charge in [0.2, 0.25) is 0 Å². The van der Waals surface area contributed by atoms with Gasteiger partial charge in [-0.05, 0) is 50.7 Å². The molecule has 0 atom stereocenters. The van der Waals surface area contributed by atoms with Gasteiger partial charge in [-0.25, -0.2) is 9.97 Å². The maximum absolute atomic E-state index is 9.39. The highest BCUT2D eigenvalue weighted by molar-refractivity contribution is 6.04. The molecule has 0 saturated carbocycles. The first-order chi connectivity index (χ1) is 23.8. The molecular formula is C45H29N3. The van der Waals surface area contributed by atoms with Gasteiger partial charge < -0.3 is 0 Å². The van der Waals surface area contributed by atoms with Crippen LogP contribution < -0.4 is 0 Å². The summed E-state index contributed by atoms with van der Waals surface area (Å²) in [5.41, 5.74) is 12.0. The lowest BCUT2D eigenvalue weighted by Gasteiger charge is -2.18. The van der Waals surface area contributed by atoms with Gasteiger partial charge in [-0.2, -0.15) is 5.26 Å². The molecule has 0 N–H and O–H groups in total. The van der Waals surface area contributed by atoms with Crippen molar-refractivity contribution in [3.63, 3.8) is 0 Å². The molecule has 3 nitrogen and oxygen atoms in total. The molecular weight excluding hydrogens is 583 g/mol. The summed E-state index contributed by atoms with van der Waals surface area (Å²) in [7, 11) is 0. The Labute approximate surface area is 280 Å². The molecule has 0 unspecified atom stereocenters. The molecule has 0 radical (unpaired) electrons. The zero-order valence-electron chi connectivity index (χ0n) is 26.1. The number of hydrogen-bond donors (Lipinski definition) is 0. The maximum Gasteiger partial charge on any atom is 0.160 e.